The summed E-state index contributed by atoms with van der Waals surface area (Å²) in [5, 5.41) is 3.55. The molecule has 0 aromatic heterocycles. The molecular weight excluding hydrogens is 296 g/mol. The molecule has 0 unspecified atom stereocenters. The Morgan fingerprint density at radius 3 is 2.29 bits per heavy atom. The molecule has 0 spiro atoms. The van der Waals surface area contributed by atoms with Gasteiger partial charge in [-0.05, 0) is 57.1 Å². The first-order chi connectivity index (χ1) is 11.5. The molecule has 0 fully saturated rings. The van der Waals surface area contributed by atoms with Gasteiger partial charge in [0, 0.05) is 19.1 Å². The fraction of sp³-hybridized carbons (Fsp3) is 0.429. The van der Waals surface area contributed by atoms with Gasteiger partial charge in [-0.15, -0.1) is 0 Å². The van der Waals surface area contributed by atoms with Crippen molar-refractivity contribution in [2.75, 3.05) is 20.7 Å². The van der Waals surface area contributed by atoms with Crippen molar-refractivity contribution in [2.45, 2.75) is 39.9 Å². The summed E-state index contributed by atoms with van der Waals surface area (Å²) in [6, 6.07) is 15.3. The second-order valence-electron chi connectivity index (χ2n) is 6.87. The Hall–Kier alpha value is -1.84. The third-order valence-electron chi connectivity index (χ3n) is 4.03. The minimum Gasteiger partial charge on any atom is -0.491 e. The van der Waals surface area contributed by atoms with Gasteiger partial charge < -0.3 is 15.0 Å². The number of nitrogens with one attached hydrogen (secondary N) is 1. The summed E-state index contributed by atoms with van der Waals surface area (Å²) in [5.41, 5.74) is 5.05. The predicted octanol–water partition coefficient (Wildman–Crippen LogP) is 3.92. The average molecular weight is 326 g/mol. The highest BCUT2D eigenvalue weighted by atomic mass is 16.5. The van der Waals surface area contributed by atoms with E-state index in [-0.39, 0.29) is 0 Å². The van der Waals surface area contributed by atoms with Crippen molar-refractivity contribution in [2.24, 2.45) is 0 Å². The van der Waals surface area contributed by atoms with E-state index >= 15 is 0 Å². The number of nitrogens with zero attached hydrogens (tertiary/aromatic N) is 1. The van der Waals surface area contributed by atoms with Crippen LogP contribution in [0.1, 0.15) is 29.2 Å². The van der Waals surface area contributed by atoms with Crippen molar-refractivity contribution in [3.05, 3.63) is 64.7 Å². The lowest BCUT2D eigenvalue weighted by molar-refractivity contribution is 0.269. The summed E-state index contributed by atoms with van der Waals surface area (Å²) in [5.74, 6) is 1.01. The topological polar surface area (TPSA) is 24.5 Å². The predicted molar refractivity (Wildman–Crippen MR) is 102 cm³/mol. The van der Waals surface area contributed by atoms with Gasteiger partial charge in [0.25, 0.3) is 0 Å². The van der Waals surface area contributed by atoms with Gasteiger partial charge >= 0.3 is 0 Å². The van der Waals surface area contributed by atoms with E-state index in [1.165, 1.54) is 22.3 Å². The summed E-state index contributed by atoms with van der Waals surface area (Å²) in [6.07, 6.45) is 0. The summed E-state index contributed by atoms with van der Waals surface area (Å²) in [6.45, 7) is 8.85. The lowest BCUT2D eigenvalue weighted by atomic mass is 10.1. The zero-order valence-corrected chi connectivity index (χ0v) is 15.6. The average Bonchev–Trinajstić information content (AvgIpc) is 2.52. The van der Waals surface area contributed by atoms with Gasteiger partial charge in [0.2, 0.25) is 0 Å². The number of ether oxygens (including phenoxy) is 1. The molecule has 2 aromatic carbocycles. The minimum atomic E-state index is 0.293. The third kappa shape index (κ3) is 5.66. The smallest absolute Gasteiger partial charge is 0.125 e. The van der Waals surface area contributed by atoms with Crippen LogP contribution in [0.25, 0.3) is 0 Å². The van der Waals surface area contributed by atoms with Crippen molar-refractivity contribution >= 4 is 0 Å². The first-order valence-electron chi connectivity index (χ1n) is 8.60. The maximum atomic E-state index is 6.02. The molecule has 1 atom stereocenters. The standard InChI is InChI=1S/C21H30N2O/c1-16-8-6-9-17(2)21(16)24-15-18(3)22-13-19-10-7-11-20(12-19)14-23(4)5/h6-12,18,22H,13-15H2,1-5H3/t18-/m1/s1. The van der Waals surface area contributed by atoms with Crippen LogP contribution in [0.4, 0.5) is 0 Å². The largest absolute Gasteiger partial charge is 0.491 e. The quantitative estimate of drug-likeness (QED) is 0.796. The zero-order valence-electron chi connectivity index (χ0n) is 15.6. The van der Waals surface area contributed by atoms with Crippen LogP contribution in [0.5, 0.6) is 5.75 Å². The molecule has 0 radical (unpaired) electrons. The molecule has 0 aliphatic carbocycles. The lowest BCUT2D eigenvalue weighted by Gasteiger charge is -2.18. The highest BCUT2D eigenvalue weighted by Gasteiger charge is 2.07. The molecule has 3 nitrogen and oxygen atoms in total. The second-order valence-corrected chi connectivity index (χ2v) is 6.87. The van der Waals surface area contributed by atoms with E-state index < -0.39 is 0 Å². The van der Waals surface area contributed by atoms with Crippen LogP contribution in [0.3, 0.4) is 0 Å². The summed E-state index contributed by atoms with van der Waals surface area (Å²) < 4.78 is 6.02. The molecule has 2 aromatic rings. The van der Waals surface area contributed by atoms with Gasteiger partial charge in [-0.2, -0.15) is 0 Å². The summed E-state index contributed by atoms with van der Waals surface area (Å²) in [4.78, 5) is 2.19. The van der Waals surface area contributed by atoms with Crippen LogP contribution in [0.2, 0.25) is 0 Å². The Labute approximate surface area is 146 Å². The SMILES string of the molecule is Cc1cccc(C)c1OC[C@@H](C)NCc1cccc(CN(C)C)c1. The molecule has 130 valence electrons. The van der Waals surface area contributed by atoms with Gasteiger partial charge in [-0.25, -0.2) is 0 Å². The van der Waals surface area contributed by atoms with E-state index in [4.69, 9.17) is 4.74 Å². The van der Waals surface area contributed by atoms with Crippen molar-refractivity contribution in [1.82, 2.24) is 10.2 Å². The number of aryl methyl sites for hydroxylation is 2. The van der Waals surface area contributed by atoms with Crippen LogP contribution in [0, 0.1) is 13.8 Å². The van der Waals surface area contributed by atoms with Crippen LogP contribution in [-0.4, -0.2) is 31.6 Å². The molecule has 0 heterocycles. The number of rotatable bonds is 8. The number of benzene rings is 2. The number of para-hydroxylation sites is 1. The Morgan fingerprint density at radius 1 is 1.00 bits per heavy atom. The molecule has 0 aliphatic heterocycles. The summed E-state index contributed by atoms with van der Waals surface area (Å²) >= 11 is 0. The van der Waals surface area contributed by atoms with Crippen LogP contribution in [0.15, 0.2) is 42.5 Å². The maximum Gasteiger partial charge on any atom is 0.125 e. The summed E-state index contributed by atoms with van der Waals surface area (Å²) in [7, 11) is 4.19. The highest BCUT2D eigenvalue weighted by Crippen LogP contribution is 2.22. The van der Waals surface area contributed by atoms with Crippen molar-refractivity contribution in [1.29, 1.82) is 0 Å². The van der Waals surface area contributed by atoms with Crippen molar-refractivity contribution in [3.8, 4) is 5.75 Å². The second kappa shape index (κ2) is 8.86. The molecule has 0 amide bonds. The Kier molecular flexibility index (Phi) is 6.83. The van der Waals surface area contributed by atoms with Gasteiger partial charge in [0.05, 0.1) is 0 Å². The molecule has 0 bridgehead atoms. The Morgan fingerprint density at radius 2 is 1.62 bits per heavy atom. The van der Waals surface area contributed by atoms with Crippen LogP contribution >= 0.6 is 0 Å². The molecule has 24 heavy (non-hydrogen) atoms. The molecule has 2 rings (SSSR count). The van der Waals surface area contributed by atoms with E-state index in [0.29, 0.717) is 12.6 Å². The normalized spacial score (nSPS) is 12.4. The first-order valence-corrected chi connectivity index (χ1v) is 8.60. The van der Waals surface area contributed by atoms with Crippen LogP contribution < -0.4 is 10.1 Å². The minimum absolute atomic E-state index is 0.293. The van der Waals surface area contributed by atoms with Crippen LogP contribution in [-0.2, 0) is 13.1 Å². The lowest BCUT2D eigenvalue weighted by Crippen LogP contribution is -2.31. The third-order valence-corrected chi connectivity index (χ3v) is 4.03. The maximum absolute atomic E-state index is 6.02. The molecule has 0 aliphatic rings. The van der Waals surface area contributed by atoms with Gasteiger partial charge in [-0.1, -0.05) is 42.5 Å². The van der Waals surface area contributed by atoms with E-state index in [1.54, 1.807) is 0 Å². The highest BCUT2D eigenvalue weighted by molar-refractivity contribution is 5.39. The zero-order chi connectivity index (χ0) is 17.5. The van der Waals surface area contributed by atoms with Crippen molar-refractivity contribution in [3.63, 3.8) is 0 Å². The van der Waals surface area contributed by atoms with Crippen molar-refractivity contribution < 1.29 is 4.74 Å². The molecule has 0 saturated carbocycles. The fourth-order valence-electron chi connectivity index (χ4n) is 2.79. The fourth-order valence-corrected chi connectivity index (χ4v) is 2.79. The van der Waals surface area contributed by atoms with Gasteiger partial charge in [-0.3, -0.25) is 0 Å². The Bertz CT molecular complexity index is 632. The van der Waals surface area contributed by atoms with E-state index in [0.717, 1.165) is 18.8 Å². The van der Waals surface area contributed by atoms with E-state index in [1.807, 2.05) is 0 Å². The van der Waals surface area contributed by atoms with E-state index in [2.05, 4.69) is 87.5 Å². The Balaban J connectivity index is 1.84. The van der Waals surface area contributed by atoms with Gasteiger partial charge in [0.15, 0.2) is 0 Å². The number of hydrogen-bond donors (Lipinski definition) is 1. The molecule has 1 N–H and O–H groups in total. The molecule has 0 saturated heterocycles. The number of hydrogen-bond acceptors (Lipinski definition) is 3. The molecular formula is C21H30N2O. The first kappa shape index (κ1) is 18.5. The molecule has 3 heteroatoms. The van der Waals surface area contributed by atoms with Gasteiger partial charge in [0.1, 0.15) is 12.4 Å². The monoisotopic (exact) mass is 326 g/mol. The van der Waals surface area contributed by atoms with E-state index in [9.17, 15) is 0 Å².